The number of aromatic nitrogens is 4. The first-order chi connectivity index (χ1) is 12.7. The third-order valence-corrected chi connectivity index (χ3v) is 4.70. The van der Waals surface area contributed by atoms with Gasteiger partial charge in [-0.25, -0.2) is 4.98 Å². The van der Waals surface area contributed by atoms with E-state index in [1.807, 2.05) is 4.57 Å². The van der Waals surface area contributed by atoms with E-state index in [0.29, 0.717) is 36.8 Å². The predicted octanol–water partition coefficient (Wildman–Crippen LogP) is 1.30. The van der Waals surface area contributed by atoms with Crippen molar-refractivity contribution in [3.05, 3.63) is 52.9 Å². The number of imidazole rings is 1. The Balaban J connectivity index is 1.52. The number of nitrogens with one attached hydrogen (secondary N) is 1. The van der Waals surface area contributed by atoms with Crippen LogP contribution in [0, 0.1) is 0 Å². The number of furan rings is 1. The van der Waals surface area contributed by atoms with Crippen LogP contribution < -0.4 is 5.32 Å². The van der Waals surface area contributed by atoms with Gasteiger partial charge in [0.25, 0.3) is 11.8 Å². The SMILES string of the molecule is O=C(NCc1ccco1)c1ncn2c1CN(C(=O)c1csnn1)CCC2. The van der Waals surface area contributed by atoms with E-state index in [0.717, 1.165) is 23.6 Å². The van der Waals surface area contributed by atoms with Crippen LogP contribution in [0.1, 0.15) is 38.9 Å². The first-order valence-electron chi connectivity index (χ1n) is 8.13. The summed E-state index contributed by atoms with van der Waals surface area (Å²) in [5, 5.41) is 8.27. The van der Waals surface area contributed by atoms with E-state index in [-0.39, 0.29) is 18.4 Å². The molecule has 10 heteroatoms. The second-order valence-electron chi connectivity index (χ2n) is 5.87. The average Bonchev–Trinajstić information content (AvgIpc) is 3.39. The Morgan fingerprint density at radius 2 is 2.27 bits per heavy atom. The van der Waals surface area contributed by atoms with Crippen molar-refractivity contribution in [1.82, 2.24) is 29.4 Å². The molecular weight excluding hydrogens is 356 g/mol. The molecule has 0 atom stereocenters. The minimum Gasteiger partial charge on any atom is -0.467 e. The van der Waals surface area contributed by atoms with Gasteiger partial charge in [0.05, 0.1) is 31.4 Å². The summed E-state index contributed by atoms with van der Waals surface area (Å²) in [4.78, 5) is 31.1. The van der Waals surface area contributed by atoms with Crippen LogP contribution in [0.15, 0.2) is 34.5 Å². The number of hydrogen-bond donors (Lipinski definition) is 1. The van der Waals surface area contributed by atoms with Crippen molar-refractivity contribution in [2.24, 2.45) is 0 Å². The lowest BCUT2D eigenvalue weighted by Crippen LogP contribution is -2.32. The molecule has 0 bridgehead atoms. The van der Waals surface area contributed by atoms with E-state index in [9.17, 15) is 9.59 Å². The lowest BCUT2D eigenvalue weighted by Gasteiger charge is -2.19. The van der Waals surface area contributed by atoms with Crippen LogP contribution in [0.5, 0.6) is 0 Å². The van der Waals surface area contributed by atoms with Crippen molar-refractivity contribution in [2.75, 3.05) is 6.54 Å². The molecule has 1 aliphatic heterocycles. The molecule has 0 radical (unpaired) electrons. The lowest BCUT2D eigenvalue weighted by molar-refractivity contribution is 0.0737. The maximum absolute atomic E-state index is 12.6. The number of nitrogens with zero attached hydrogens (tertiary/aromatic N) is 5. The van der Waals surface area contributed by atoms with E-state index in [2.05, 4.69) is 19.9 Å². The van der Waals surface area contributed by atoms with E-state index in [1.165, 1.54) is 0 Å². The zero-order chi connectivity index (χ0) is 17.9. The molecule has 0 spiro atoms. The van der Waals surface area contributed by atoms with Gasteiger partial charge in [-0.05, 0) is 30.1 Å². The number of rotatable bonds is 4. The molecule has 4 rings (SSSR count). The van der Waals surface area contributed by atoms with Gasteiger partial charge in [-0.3, -0.25) is 9.59 Å². The Kier molecular flexibility index (Phi) is 4.48. The number of carbonyl (C=O) groups excluding carboxylic acids is 2. The fraction of sp³-hybridized carbons (Fsp3) is 0.312. The number of hydrogen-bond acceptors (Lipinski definition) is 7. The Bertz CT molecular complexity index is 903. The summed E-state index contributed by atoms with van der Waals surface area (Å²) in [6.07, 6.45) is 3.98. The van der Waals surface area contributed by atoms with Crippen LogP contribution in [0.4, 0.5) is 0 Å². The zero-order valence-electron chi connectivity index (χ0n) is 13.8. The van der Waals surface area contributed by atoms with Crippen LogP contribution in [0.3, 0.4) is 0 Å². The van der Waals surface area contributed by atoms with Crippen molar-refractivity contribution in [1.29, 1.82) is 0 Å². The topological polar surface area (TPSA) is 106 Å². The van der Waals surface area contributed by atoms with Crippen molar-refractivity contribution in [3.8, 4) is 0 Å². The Morgan fingerprint density at radius 1 is 1.35 bits per heavy atom. The van der Waals surface area contributed by atoms with Crippen LogP contribution in [-0.4, -0.2) is 42.4 Å². The van der Waals surface area contributed by atoms with Gasteiger partial charge >= 0.3 is 0 Å². The fourth-order valence-corrected chi connectivity index (χ4v) is 3.33. The third-order valence-electron chi connectivity index (χ3n) is 4.20. The third kappa shape index (κ3) is 3.23. The van der Waals surface area contributed by atoms with E-state index >= 15 is 0 Å². The molecule has 0 saturated heterocycles. The molecule has 3 aromatic heterocycles. The van der Waals surface area contributed by atoms with Gasteiger partial charge in [-0.1, -0.05) is 4.49 Å². The first-order valence-corrected chi connectivity index (χ1v) is 8.97. The minimum atomic E-state index is -0.292. The largest absolute Gasteiger partial charge is 0.467 e. The monoisotopic (exact) mass is 372 g/mol. The van der Waals surface area contributed by atoms with Crippen molar-refractivity contribution < 1.29 is 14.0 Å². The minimum absolute atomic E-state index is 0.185. The Labute approximate surface area is 152 Å². The molecule has 0 fully saturated rings. The van der Waals surface area contributed by atoms with Gasteiger partial charge in [0, 0.05) is 18.5 Å². The van der Waals surface area contributed by atoms with Gasteiger partial charge in [-0.2, -0.15) is 0 Å². The maximum atomic E-state index is 12.6. The molecule has 2 amide bonds. The van der Waals surface area contributed by atoms with Crippen molar-refractivity contribution in [2.45, 2.75) is 26.1 Å². The van der Waals surface area contributed by atoms with Crippen LogP contribution in [-0.2, 0) is 19.6 Å². The molecule has 0 aromatic carbocycles. The predicted molar refractivity (Wildman–Crippen MR) is 91.4 cm³/mol. The molecule has 1 aliphatic rings. The molecular formula is C16H16N6O3S. The highest BCUT2D eigenvalue weighted by molar-refractivity contribution is 7.03. The van der Waals surface area contributed by atoms with Crippen LogP contribution in [0.2, 0.25) is 0 Å². The molecule has 0 saturated carbocycles. The first kappa shape index (κ1) is 16.5. The number of fused-ring (bicyclic) bond motifs is 1. The molecule has 3 aromatic rings. The normalized spacial score (nSPS) is 13.9. The average molecular weight is 372 g/mol. The Morgan fingerprint density at radius 3 is 3.04 bits per heavy atom. The second-order valence-corrected chi connectivity index (χ2v) is 6.48. The number of carbonyl (C=O) groups is 2. The highest BCUT2D eigenvalue weighted by Crippen LogP contribution is 2.18. The van der Waals surface area contributed by atoms with E-state index in [1.54, 1.807) is 35.0 Å². The van der Waals surface area contributed by atoms with Crippen molar-refractivity contribution >= 4 is 23.3 Å². The number of aryl methyl sites for hydroxylation is 1. The molecule has 134 valence electrons. The summed E-state index contributed by atoms with van der Waals surface area (Å²) in [6, 6.07) is 3.55. The second kappa shape index (κ2) is 7.08. The summed E-state index contributed by atoms with van der Waals surface area (Å²) in [5.74, 6) is 0.187. The smallest absolute Gasteiger partial charge is 0.275 e. The summed E-state index contributed by atoms with van der Waals surface area (Å²) >= 11 is 1.14. The highest BCUT2D eigenvalue weighted by Gasteiger charge is 2.26. The van der Waals surface area contributed by atoms with Gasteiger partial charge in [-0.15, -0.1) is 5.10 Å². The molecule has 26 heavy (non-hydrogen) atoms. The van der Waals surface area contributed by atoms with E-state index < -0.39 is 0 Å². The zero-order valence-corrected chi connectivity index (χ0v) is 14.6. The molecule has 4 heterocycles. The molecule has 0 unspecified atom stereocenters. The van der Waals surface area contributed by atoms with E-state index in [4.69, 9.17) is 4.42 Å². The summed E-state index contributed by atoms with van der Waals surface area (Å²) in [6.45, 7) is 1.88. The van der Waals surface area contributed by atoms with Gasteiger partial charge in [0.2, 0.25) is 0 Å². The van der Waals surface area contributed by atoms with Crippen molar-refractivity contribution in [3.63, 3.8) is 0 Å². The standard InChI is InChI=1S/C16H16N6O3S/c23-15(17-7-11-3-1-6-25-11)14-13-8-21(4-2-5-22(13)10-18-14)16(24)12-9-26-20-19-12/h1,3,6,9-10H,2,4-5,7-8H2,(H,17,23). The fourth-order valence-electron chi connectivity index (χ4n) is 2.90. The lowest BCUT2D eigenvalue weighted by atomic mass is 10.2. The summed E-state index contributed by atoms with van der Waals surface area (Å²) in [5.41, 5.74) is 1.37. The highest BCUT2D eigenvalue weighted by atomic mass is 32.1. The van der Waals surface area contributed by atoms with Gasteiger partial charge in [0.15, 0.2) is 11.4 Å². The molecule has 0 aliphatic carbocycles. The van der Waals surface area contributed by atoms with Gasteiger partial charge < -0.3 is 19.2 Å². The van der Waals surface area contributed by atoms with Crippen LogP contribution in [0.25, 0.3) is 0 Å². The maximum Gasteiger partial charge on any atom is 0.275 e. The molecule has 1 N–H and O–H groups in total. The summed E-state index contributed by atoms with van der Waals surface area (Å²) in [7, 11) is 0. The van der Waals surface area contributed by atoms with Gasteiger partial charge in [0.1, 0.15) is 5.76 Å². The quantitative estimate of drug-likeness (QED) is 0.740. The molecule has 9 nitrogen and oxygen atoms in total. The number of amides is 2. The summed E-state index contributed by atoms with van der Waals surface area (Å²) < 4.78 is 10.9. The van der Waals surface area contributed by atoms with Crippen LogP contribution >= 0.6 is 11.5 Å². The Hall–Kier alpha value is -3.01.